The molecule has 0 bridgehead atoms. The van der Waals surface area contributed by atoms with Crippen molar-refractivity contribution in [3.8, 4) is 11.1 Å². The Morgan fingerprint density at radius 3 is 2.50 bits per heavy atom. The number of rotatable bonds is 3. The number of amides is 1. The van der Waals surface area contributed by atoms with Gasteiger partial charge in [0.25, 0.3) is 5.91 Å². The minimum atomic E-state index is -0.780. The highest BCUT2D eigenvalue weighted by molar-refractivity contribution is 5.97. The van der Waals surface area contributed by atoms with E-state index < -0.39 is 12.0 Å². The van der Waals surface area contributed by atoms with E-state index in [1.807, 2.05) is 43.3 Å². The lowest BCUT2D eigenvalue weighted by Gasteiger charge is -2.22. The van der Waals surface area contributed by atoms with Gasteiger partial charge >= 0.3 is 5.97 Å². The van der Waals surface area contributed by atoms with E-state index >= 15 is 0 Å². The highest BCUT2D eigenvalue weighted by atomic mass is 17.1. The van der Waals surface area contributed by atoms with Crippen molar-refractivity contribution in [3.05, 3.63) is 59.7 Å². The Kier molecular flexibility index (Phi) is 4.62. The molecular formula is C19H19NO4. The third-order valence-electron chi connectivity index (χ3n) is 4.46. The fourth-order valence-electron chi connectivity index (χ4n) is 3.17. The molecule has 5 heteroatoms. The van der Waals surface area contributed by atoms with Gasteiger partial charge in [-0.2, -0.15) is 5.26 Å². The molecule has 0 radical (unpaired) electrons. The molecule has 1 heterocycles. The second kappa shape index (κ2) is 6.84. The van der Waals surface area contributed by atoms with Crippen LogP contribution in [0.2, 0.25) is 0 Å². The normalized spacial score (nSPS) is 16.9. The molecule has 3 rings (SSSR count). The first-order valence-electron chi connectivity index (χ1n) is 7.94. The number of benzene rings is 2. The standard InChI is InChI=1S/C19H19NO4/c1-13-5-2-3-6-16(13)14-8-10-15(11-9-14)18(21)20-12-4-7-17(20)19(22)24-23/h2-3,5-6,8-11,17,23H,4,7,12H2,1H3/t17-/m0/s1. The van der Waals surface area contributed by atoms with Crippen LogP contribution in [0.4, 0.5) is 0 Å². The van der Waals surface area contributed by atoms with Gasteiger partial charge in [0, 0.05) is 12.1 Å². The Morgan fingerprint density at radius 1 is 1.12 bits per heavy atom. The van der Waals surface area contributed by atoms with Gasteiger partial charge < -0.3 is 4.90 Å². The maximum absolute atomic E-state index is 12.6. The molecule has 2 aromatic rings. The summed E-state index contributed by atoms with van der Waals surface area (Å²) in [5.74, 6) is -1.00. The van der Waals surface area contributed by atoms with Crippen LogP contribution in [0.25, 0.3) is 11.1 Å². The van der Waals surface area contributed by atoms with Gasteiger partial charge in [-0.25, -0.2) is 4.79 Å². The van der Waals surface area contributed by atoms with Gasteiger partial charge in [-0.1, -0.05) is 36.4 Å². The topological polar surface area (TPSA) is 66.8 Å². The van der Waals surface area contributed by atoms with E-state index in [0.29, 0.717) is 24.9 Å². The average Bonchev–Trinajstić information content (AvgIpc) is 3.11. The first-order valence-corrected chi connectivity index (χ1v) is 7.94. The van der Waals surface area contributed by atoms with Gasteiger partial charge in [0.2, 0.25) is 0 Å². The zero-order valence-corrected chi connectivity index (χ0v) is 13.4. The molecule has 1 fully saturated rings. The zero-order chi connectivity index (χ0) is 17.1. The van der Waals surface area contributed by atoms with Crippen LogP contribution < -0.4 is 0 Å². The molecule has 1 atom stereocenters. The molecule has 0 saturated carbocycles. The molecule has 1 aliphatic rings. The van der Waals surface area contributed by atoms with Crippen LogP contribution in [-0.4, -0.2) is 34.6 Å². The Bertz CT molecular complexity index is 754. The summed E-state index contributed by atoms with van der Waals surface area (Å²) < 4.78 is 0. The van der Waals surface area contributed by atoms with Crippen LogP contribution in [0, 0.1) is 6.92 Å². The van der Waals surface area contributed by atoms with E-state index in [4.69, 9.17) is 5.26 Å². The number of carbonyl (C=O) groups excluding carboxylic acids is 2. The number of hydrogen-bond acceptors (Lipinski definition) is 4. The van der Waals surface area contributed by atoms with Crippen LogP contribution in [0.1, 0.15) is 28.8 Å². The highest BCUT2D eigenvalue weighted by Crippen LogP contribution is 2.25. The SMILES string of the molecule is Cc1ccccc1-c1ccc(C(=O)N2CCC[C@H]2C(=O)OO)cc1. The maximum atomic E-state index is 12.6. The molecule has 2 aromatic carbocycles. The summed E-state index contributed by atoms with van der Waals surface area (Å²) in [6, 6.07) is 14.7. The second-order valence-electron chi connectivity index (χ2n) is 5.96. The first kappa shape index (κ1) is 16.2. The highest BCUT2D eigenvalue weighted by Gasteiger charge is 2.36. The summed E-state index contributed by atoms with van der Waals surface area (Å²) in [7, 11) is 0. The number of hydrogen-bond donors (Lipinski definition) is 1. The molecule has 0 aromatic heterocycles. The van der Waals surface area contributed by atoms with Gasteiger partial charge in [0.1, 0.15) is 6.04 Å². The lowest BCUT2D eigenvalue weighted by atomic mass is 9.99. The van der Waals surface area contributed by atoms with Crippen molar-refractivity contribution in [3.63, 3.8) is 0 Å². The summed E-state index contributed by atoms with van der Waals surface area (Å²) in [4.78, 5) is 29.5. The van der Waals surface area contributed by atoms with Crippen molar-refractivity contribution in [1.82, 2.24) is 4.90 Å². The van der Waals surface area contributed by atoms with E-state index in [0.717, 1.165) is 11.1 Å². The minimum Gasteiger partial charge on any atom is -0.325 e. The van der Waals surface area contributed by atoms with Gasteiger partial charge in [0.05, 0.1) is 0 Å². The van der Waals surface area contributed by atoms with E-state index in [1.165, 1.54) is 10.5 Å². The molecule has 0 aliphatic carbocycles. The summed E-state index contributed by atoms with van der Waals surface area (Å²) in [5.41, 5.74) is 3.85. The van der Waals surface area contributed by atoms with Crippen molar-refractivity contribution in [1.29, 1.82) is 0 Å². The maximum Gasteiger partial charge on any atom is 0.364 e. The summed E-state index contributed by atoms with van der Waals surface area (Å²) >= 11 is 0. The summed E-state index contributed by atoms with van der Waals surface area (Å²) in [6.07, 6.45) is 1.22. The number of nitrogens with zero attached hydrogens (tertiary/aromatic N) is 1. The second-order valence-corrected chi connectivity index (χ2v) is 5.96. The van der Waals surface area contributed by atoms with Gasteiger partial charge in [-0.15, -0.1) is 0 Å². The van der Waals surface area contributed by atoms with E-state index in [2.05, 4.69) is 4.89 Å². The molecule has 1 amide bonds. The van der Waals surface area contributed by atoms with Crippen LogP contribution in [0.15, 0.2) is 48.5 Å². The van der Waals surface area contributed by atoms with Gasteiger partial charge in [-0.3, -0.25) is 9.68 Å². The largest absolute Gasteiger partial charge is 0.364 e. The van der Waals surface area contributed by atoms with Crippen molar-refractivity contribution in [2.24, 2.45) is 0 Å². The third kappa shape index (κ3) is 3.03. The molecule has 1 saturated heterocycles. The predicted octanol–water partition coefficient (Wildman–Crippen LogP) is 3.28. The lowest BCUT2D eigenvalue weighted by Crippen LogP contribution is -2.41. The fourth-order valence-corrected chi connectivity index (χ4v) is 3.17. The minimum absolute atomic E-state index is 0.223. The monoisotopic (exact) mass is 325 g/mol. The van der Waals surface area contributed by atoms with E-state index in [1.54, 1.807) is 12.1 Å². The molecule has 124 valence electrons. The molecule has 0 spiro atoms. The Balaban J connectivity index is 1.82. The van der Waals surface area contributed by atoms with Crippen molar-refractivity contribution < 1.29 is 19.7 Å². The summed E-state index contributed by atoms with van der Waals surface area (Å²) in [5, 5.41) is 8.57. The van der Waals surface area contributed by atoms with E-state index in [9.17, 15) is 9.59 Å². The molecule has 5 nitrogen and oxygen atoms in total. The average molecular weight is 325 g/mol. The third-order valence-corrected chi connectivity index (χ3v) is 4.46. The van der Waals surface area contributed by atoms with Crippen LogP contribution >= 0.6 is 0 Å². The van der Waals surface area contributed by atoms with Crippen molar-refractivity contribution >= 4 is 11.9 Å². The number of carbonyl (C=O) groups is 2. The van der Waals surface area contributed by atoms with Crippen LogP contribution in [0.3, 0.4) is 0 Å². The lowest BCUT2D eigenvalue weighted by molar-refractivity contribution is -0.238. The molecule has 1 aliphatic heterocycles. The van der Waals surface area contributed by atoms with Crippen LogP contribution in [0.5, 0.6) is 0 Å². The van der Waals surface area contributed by atoms with E-state index in [-0.39, 0.29) is 5.91 Å². The Morgan fingerprint density at radius 2 is 1.83 bits per heavy atom. The fraction of sp³-hybridized carbons (Fsp3) is 0.263. The number of likely N-dealkylation sites (tertiary alicyclic amines) is 1. The van der Waals surface area contributed by atoms with Gasteiger partial charge in [0.15, 0.2) is 0 Å². The Labute approximate surface area is 140 Å². The Hall–Kier alpha value is -2.66. The molecule has 24 heavy (non-hydrogen) atoms. The predicted molar refractivity (Wildman–Crippen MR) is 89.4 cm³/mol. The van der Waals surface area contributed by atoms with Crippen molar-refractivity contribution in [2.45, 2.75) is 25.8 Å². The molecule has 0 unspecified atom stereocenters. The number of aryl methyl sites for hydroxylation is 1. The smallest absolute Gasteiger partial charge is 0.325 e. The quantitative estimate of drug-likeness (QED) is 0.694. The first-order chi connectivity index (χ1) is 11.6. The zero-order valence-electron chi connectivity index (χ0n) is 13.4. The van der Waals surface area contributed by atoms with Gasteiger partial charge in [-0.05, 0) is 48.6 Å². The van der Waals surface area contributed by atoms with Crippen molar-refractivity contribution in [2.75, 3.05) is 6.54 Å². The summed E-state index contributed by atoms with van der Waals surface area (Å²) in [6.45, 7) is 2.53. The molecular weight excluding hydrogens is 306 g/mol. The van der Waals surface area contributed by atoms with Crippen LogP contribution in [-0.2, 0) is 9.68 Å². The molecule has 1 N–H and O–H groups in total.